The van der Waals surface area contributed by atoms with Crippen LogP contribution in [0.4, 0.5) is 0 Å². The summed E-state index contributed by atoms with van der Waals surface area (Å²) in [4.78, 5) is 22.3. The molecule has 0 N–H and O–H groups in total. The molecule has 0 atom stereocenters. The van der Waals surface area contributed by atoms with Crippen LogP contribution in [0.15, 0.2) is 24.3 Å². The standard InChI is InChI=1S/C14H18O5/c1-3-8-18-13(15)9-11-4-6-12(7-5-11)19-10-14(16)17-2/h4-7H,3,8-10H2,1-2H3. The lowest BCUT2D eigenvalue weighted by Crippen LogP contribution is -2.12. The van der Waals surface area contributed by atoms with Crippen molar-refractivity contribution < 1.29 is 23.8 Å². The molecular weight excluding hydrogens is 248 g/mol. The third-order valence-corrected chi connectivity index (χ3v) is 2.32. The maximum absolute atomic E-state index is 11.4. The molecule has 1 rings (SSSR count). The highest BCUT2D eigenvalue weighted by molar-refractivity contribution is 5.72. The second kappa shape index (κ2) is 8.13. The van der Waals surface area contributed by atoms with Crippen molar-refractivity contribution in [3.8, 4) is 5.75 Å². The van der Waals surface area contributed by atoms with Gasteiger partial charge in [0.15, 0.2) is 6.61 Å². The minimum Gasteiger partial charge on any atom is -0.482 e. The molecule has 5 nitrogen and oxygen atoms in total. The summed E-state index contributed by atoms with van der Waals surface area (Å²) in [5.74, 6) is -0.131. The van der Waals surface area contributed by atoms with E-state index >= 15 is 0 Å². The average molecular weight is 266 g/mol. The summed E-state index contributed by atoms with van der Waals surface area (Å²) in [7, 11) is 1.30. The number of hydrogen-bond acceptors (Lipinski definition) is 5. The smallest absolute Gasteiger partial charge is 0.343 e. The molecule has 0 saturated carbocycles. The van der Waals surface area contributed by atoms with Gasteiger partial charge >= 0.3 is 11.9 Å². The predicted octanol–water partition coefficient (Wildman–Crippen LogP) is 1.73. The van der Waals surface area contributed by atoms with Crippen LogP contribution < -0.4 is 4.74 Å². The zero-order chi connectivity index (χ0) is 14.1. The first-order valence-electron chi connectivity index (χ1n) is 6.10. The van der Waals surface area contributed by atoms with E-state index < -0.39 is 5.97 Å². The van der Waals surface area contributed by atoms with Gasteiger partial charge in [-0.3, -0.25) is 4.79 Å². The van der Waals surface area contributed by atoms with Crippen LogP contribution in [0.5, 0.6) is 5.75 Å². The van der Waals surface area contributed by atoms with Crippen molar-refractivity contribution in [3.05, 3.63) is 29.8 Å². The van der Waals surface area contributed by atoms with Gasteiger partial charge in [-0.1, -0.05) is 19.1 Å². The van der Waals surface area contributed by atoms with Crippen molar-refractivity contribution in [3.63, 3.8) is 0 Å². The summed E-state index contributed by atoms with van der Waals surface area (Å²) in [6.07, 6.45) is 1.04. The number of ether oxygens (including phenoxy) is 3. The Morgan fingerprint density at radius 2 is 1.79 bits per heavy atom. The highest BCUT2D eigenvalue weighted by Crippen LogP contribution is 2.13. The Hall–Kier alpha value is -2.04. The molecule has 0 radical (unpaired) electrons. The van der Waals surface area contributed by atoms with Gasteiger partial charge in [0.25, 0.3) is 0 Å². The number of carbonyl (C=O) groups excluding carboxylic acids is 2. The van der Waals surface area contributed by atoms with Gasteiger partial charge in [-0.05, 0) is 24.1 Å². The maximum Gasteiger partial charge on any atom is 0.343 e. The molecule has 0 spiro atoms. The van der Waals surface area contributed by atoms with Crippen LogP contribution in [0.2, 0.25) is 0 Å². The number of rotatable bonds is 7. The molecule has 0 unspecified atom stereocenters. The van der Waals surface area contributed by atoms with E-state index in [1.54, 1.807) is 24.3 Å². The second-order valence-electron chi connectivity index (χ2n) is 3.91. The fourth-order valence-electron chi connectivity index (χ4n) is 1.34. The van der Waals surface area contributed by atoms with Crippen LogP contribution in [-0.4, -0.2) is 32.3 Å². The minimum absolute atomic E-state index is 0.131. The zero-order valence-electron chi connectivity index (χ0n) is 11.2. The quantitative estimate of drug-likeness (QED) is 0.703. The first kappa shape index (κ1) is 15.0. The lowest BCUT2D eigenvalue weighted by Gasteiger charge is -2.06. The number of hydrogen-bond donors (Lipinski definition) is 0. The molecule has 0 saturated heterocycles. The van der Waals surface area contributed by atoms with E-state index in [1.165, 1.54) is 7.11 Å². The number of carbonyl (C=O) groups is 2. The molecule has 0 aliphatic rings. The minimum atomic E-state index is -0.438. The Morgan fingerprint density at radius 1 is 1.11 bits per heavy atom. The molecule has 0 bridgehead atoms. The van der Waals surface area contributed by atoms with E-state index in [9.17, 15) is 9.59 Å². The Balaban J connectivity index is 2.43. The predicted molar refractivity (Wildman–Crippen MR) is 68.9 cm³/mol. The second-order valence-corrected chi connectivity index (χ2v) is 3.91. The Kier molecular flexibility index (Phi) is 6.43. The van der Waals surface area contributed by atoms with Gasteiger partial charge in [-0.2, -0.15) is 0 Å². The molecule has 0 aromatic heterocycles. The highest BCUT2D eigenvalue weighted by atomic mass is 16.6. The summed E-state index contributed by atoms with van der Waals surface area (Å²) in [5, 5.41) is 0. The number of esters is 2. The zero-order valence-corrected chi connectivity index (χ0v) is 11.2. The van der Waals surface area contributed by atoms with Crippen LogP contribution in [0.3, 0.4) is 0 Å². The van der Waals surface area contributed by atoms with Crippen molar-refractivity contribution in [2.45, 2.75) is 19.8 Å². The molecule has 1 aromatic carbocycles. The van der Waals surface area contributed by atoms with Crippen molar-refractivity contribution in [2.24, 2.45) is 0 Å². The van der Waals surface area contributed by atoms with E-state index in [-0.39, 0.29) is 19.0 Å². The molecule has 0 aliphatic carbocycles. The van der Waals surface area contributed by atoms with E-state index in [0.717, 1.165) is 12.0 Å². The summed E-state index contributed by atoms with van der Waals surface area (Å²) < 4.78 is 14.6. The molecule has 5 heteroatoms. The van der Waals surface area contributed by atoms with Crippen LogP contribution in [0.1, 0.15) is 18.9 Å². The summed E-state index contributed by atoms with van der Waals surface area (Å²) >= 11 is 0. The molecule has 0 heterocycles. The van der Waals surface area contributed by atoms with Crippen LogP contribution in [0.25, 0.3) is 0 Å². The largest absolute Gasteiger partial charge is 0.482 e. The van der Waals surface area contributed by atoms with Crippen molar-refractivity contribution in [1.29, 1.82) is 0 Å². The Bertz CT molecular complexity index is 410. The normalized spacial score (nSPS) is 9.79. The van der Waals surface area contributed by atoms with Gasteiger partial charge < -0.3 is 14.2 Å². The van der Waals surface area contributed by atoms with Crippen molar-refractivity contribution >= 4 is 11.9 Å². The van der Waals surface area contributed by atoms with Crippen LogP contribution in [-0.2, 0) is 25.5 Å². The fraction of sp³-hybridized carbons (Fsp3) is 0.429. The van der Waals surface area contributed by atoms with Gasteiger partial charge in [-0.25, -0.2) is 4.79 Å². The summed E-state index contributed by atoms with van der Waals surface area (Å²) in [6, 6.07) is 6.93. The number of methoxy groups -OCH3 is 1. The fourth-order valence-corrected chi connectivity index (χ4v) is 1.34. The highest BCUT2D eigenvalue weighted by Gasteiger charge is 2.05. The third kappa shape index (κ3) is 5.90. The van der Waals surface area contributed by atoms with Gasteiger partial charge in [0.05, 0.1) is 20.1 Å². The topological polar surface area (TPSA) is 61.8 Å². The van der Waals surface area contributed by atoms with Crippen LogP contribution in [0, 0.1) is 0 Å². The lowest BCUT2D eigenvalue weighted by atomic mass is 10.1. The van der Waals surface area contributed by atoms with Gasteiger partial charge in [0.2, 0.25) is 0 Å². The number of benzene rings is 1. The lowest BCUT2D eigenvalue weighted by molar-refractivity contribution is -0.143. The van der Waals surface area contributed by atoms with Gasteiger partial charge in [0.1, 0.15) is 5.75 Å². The summed E-state index contributed by atoms with van der Waals surface area (Å²) in [5.41, 5.74) is 0.839. The Morgan fingerprint density at radius 3 is 2.37 bits per heavy atom. The van der Waals surface area contributed by atoms with Crippen molar-refractivity contribution in [2.75, 3.05) is 20.3 Å². The first-order valence-corrected chi connectivity index (χ1v) is 6.10. The monoisotopic (exact) mass is 266 g/mol. The third-order valence-electron chi connectivity index (χ3n) is 2.32. The van der Waals surface area contributed by atoms with E-state index in [2.05, 4.69) is 4.74 Å². The van der Waals surface area contributed by atoms with E-state index in [0.29, 0.717) is 12.4 Å². The average Bonchev–Trinajstić information content (AvgIpc) is 2.44. The summed E-state index contributed by atoms with van der Waals surface area (Å²) in [6.45, 7) is 2.26. The SMILES string of the molecule is CCCOC(=O)Cc1ccc(OCC(=O)OC)cc1. The van der Waals surface area contributed by atoms with E-state index in [1.807, 2.05) is 6.92 Å². The van der Waals surface area contributed by atoms with Crippen molar-refractivity contribution in [1.82, 2.24) is 0 Å². The molecule has 0 amide bonds. The molecule has 104 valence electrons. The molecule has 1 aromatic rings. The molecule has 19 heavy (non-hydrogen) atoms. The molecule has 0 aliphatic heterocycles. The molecule has 0 fully saturated rings. The van der Waals surface area contributed by atoms with Gasteiger partial charge in [0, 0.05) is 0 Å². The van der Waals surface area contributed by atoms with Gasteiger partial charge in [-0.15, -0.1) is 0 Å². The first-order chi connectivity index (χ1) is 9.15. The van der Waals surface area contributed by atoms with E-state index in [4.69, 9.17) is 9.47 Å². The maximum atomic E-state index is 11.4. The van der Waals surface area contributed by atoms with Crippen LogP contribution >= 0.6 is 0 Å². The Labute approximate surface area is 112 Å². The molecular formula is C14H18O5.